The Morgan fingerprint density at radius 2 is 2.00 bits per heavy atom. The first-order chi connectivity index (χ1) is 11.6. The molecule has 1 saturated carbocycles. The third-order valence-electron chi connectivity index (χ3n) is 4.81. The van der Waals surface area contributed by atoms with E-state index in [-0.39, 0.29) is 11.0 Å². The molecule has 1 aromatic carbocycles. The molecule has 1 saturated heterocycles. The van der Waals surface area contributed by atoms with Gasteiger partial charge in [-0.1, -0.05) is 6.07 Å². The number of nitrogens with zero attached hydrogens (tertiary/aromatic N) is 2. The van der Waals surface area contributed by atoms with Crippen LogP contribution < -0.4 is 11.2 Å². The summed E-state index contributed by atoms with van der Waals surface area (Å²) in [6.07, 6.45) is 3.78. The van der Waals surface area contributed by atoms with Crippen LogP contribution in [0.2, 0.25) is 0 Å². The molecule has 1 amide bonds. The lowest BCUT2D eigenvalue weighted by molar-refractivity contribution is 0.0342. The summed E-state index contributed by atoms with van der Waals surface area (Å²) in [6, 6.07) is 6.35. The Morgan fingerprint density at radius 1 is 1.25 bits per heavy atom. The summed E-state index contributed by atoms with van der Waals surface area (Å²) < 4.78 is 7.41. The van der Waals surface area contributed by atoms with Crippen molar-refractivity contribution in [2.24, 2.45) is 5.73 Å². The van der Waals surface area contributed by atoms with Crippen molar-refractivity contribution in [1.29, 1.82) is 0 Å². The highest BCUT2D eigenvalue weighted by Gasteiger charge is 2.26. The number of ether oxygens (including phenoxy) is 1. The molecule has 1 aromatic heterocycles. The van der Waals surface area contributed by atoms with Crippen LogP contribution in [0.3, 0.4) is 0 Å². The Kier molecular flexibility index (Phi) is 3.86. The summed E-state index contributed by atoms with van der Waals surface area (Å²) in [6.45, 7) is 4.06. The summed E-state index contributed by atoms with van der Waals surface area (Å²) in [7, 11) is 0. The van der Waals surface area contributed by atoms with Gasteiger partial charge in [0.2, 0.25) is 5.43 Å². The number of rotatable bonds is 4. The smallest absolute Gasteiger partial charge is 0.254 e. The number of benzene rings is 1. The SMILES string of the molecule is NC(=O)c1cn(C2CC2)c2ccc(CN3CCOCC3)cc2c1=O. The summed E-state index contributed by atoms with van der Waals surface area (Å²) in [5.74, 6) is -0.658. The molecular formula is C18H21N3O3. The van der Waals surface area contributed by atoms with E-state index in [0.29, 0.717) is 11.4 Å². The quantitative estimate of drug-likeness (QED) is 0.917. The van der Waals surface area contributed by atoms with Crippen LogP contribution in [0.15, 0.2) is 29.2 Å². The fourth-order valence-corrected chi connectivity index (χ4v) is 3.35. The van der Waals surface area contributed by atoms with Crippen molar-refractivity contribution in [3.05, 3.63) is 45.7 Å². The van der Waals surface area contributed by atoms with Crippen LogP contribution in [0.1, 0.15) is 34.8 Å². The first-order valence-electron chi connectivity index (χ1n) is 8.41. The molecular weight excluding hydrogens is 306 g/mol. The highest BCUT2D eigenvalue weighted by molar-refractivity contribution is 5.96. The van der Waals surface area contributed by atoms with Crippen LogP contribution in [0.25, 0.3) is 10.9 Å². The third kappa shape index (κ3) is 2.83. The highest BCUT2D eigenvalue weighted by atomic mass is 16.5. The lowest BCUT2D eigenvalue weighted by atomic mass is 10.1. The predicted octanol–water partition coefficient (Wildman–Crippen LogP) is 1.27. The van der Waals surface area contributed by atoms with Gasteiger partial charge in [0.15, 0.2) is 0 Å². The van der Waals surface area contributed by atoms with Crippen LogP contribution in [0.5, 0.6) is 0 Å². The van der Waals surface area contributed by atoms with Crippen LogP contribution >= 0.6 is 0 Å². The van der Waals surface area contributed by atoms with E-state index in [2.05, 4.69) is 11.0 Å². The first kappa shape index (κ1) is 15.4. The normalized spacial score (nSPS) is 18.8. The van der Waals surface area contributed by atoms with Gasteiger partial charge >= 0.3 is 0 Å². The molecule has 126 valence electrons. The Balaban J connectivity index is 1.78. The van der Waals surface area contributed by atoms with Gasteiger partial charge in [-0.05, 0) is 30.5 Å². The molecule has 6 nitrogen and oxygen atoms in total. The van der Waals surface area contributed by atoms with Gasteiger partial charge in [-0.15, -0.1) is 0 Å². The number of morpholine rings is 1. The molecule has 4 rings (SSSR count). The van der Waals surface area contributed by atoms with Gasteiger partial charge < -0.3 is 15.0 Å². The lowest BCUT2D eigenvalue weighted by Gasteiger charge is -2.26. The molecule has 1 aliphatic carbocycles. The molecule has 0 unspecified atom stereocenters. The van der Waals surface area contributed by atoms with Crippen LogP contribution in [0.4, 0.5) is 0 Å². The maximum absolute atomic E-state index is 12.7. The van der Waals surface area contributed by atoms with E-state index in [1.807, 2.05) is 16.7 Å². The maximum atomic E-state index is 12.7. The van der Waals surface area contributed by atoms with Gasteiger partial charge in [0, 0.05) is 37.3 Å². The minimum absolute atomic E-state index is 0.0814. The van der Waals surface area contributed by atoms with Gasteiger partial charge in [0.05, 0.1) is 18.7 Å². The van der Waals surface area contributed by atoms with E-state index < -0.39 is 5.91 Å². The van der Waals surface area contributed by atoms with Crippen molar-refractivity contribution in [3.63, 3.8) is 0 Å². The Hall–Kier alpha value is -2.18. The zero-order chi connectivity index (χ0) is 16.7. The second-order valence-corrected chi connectivity index (χ2v) is 6.61. The number of aromatic nitrogens is 1. The topological polar surface area (TPSA) is 77.6 Å². The van der Waals surface area contributed by atoms with Gasteiger partial charge in [0.25, 0.3) is 5.91 Å². The molecule has 2 N–H and O–H groups in total. The van der Waals surface area contributed by atoms with E-state index in [4.69, 9.17) is 10.5 Å². The van der Waals surface area contributed by atoms with Crippen molar-refractivity contribution >= 4 is 16.8 Å². The minimum Gasteiger partial charge on any atom is -0.379 e. The highest BCUT2D eigenvalue weighted by Crippen LogP contribution is 2.37. The summed E-state index contributed by atoms with van der Waals surface area (Å²) in [4.78, 5) is 26.6. The monoisotopic (exact) mass is 327 g/mol. The molecule has 2 fully saturated rings. The second kappa shape index (κ2) is 6.03. The van der Waals surface area contributed by atoms with E-state index in [0.717, 1.165) is 56.8 Å². The first-order valence-corrected chi connectivity index (χ1v) is 8.41. The Bertz CT molecular complexity index is 848. The van der Waals surface area contributed by atoms with Crippen molar-refractivity contribution in [1.82, 2.24) is 9.47 Å². The molecule has 24 heavy (non-hydrogen) atoms. The van der Waals surface area contributed by atoms with Crippen molar-refractivity contribution in [3.8, 4) is 0 Å². The third-order valence-corrected chi connectivity index (χ3v) is 4.81. The van der Waals surface area contributed by atoms with Crippen molar-refractivity contribution in [2.45, 2.75) is 25.4 Å². The number of carbonyl (C=O) groups is 1. The summed E-state index contributed by atoms with van der Waals surface area (Å²) in [5, 5.41) is 0.587. The number of fused-ring (bicyclic) bond motifs is 1. The fourth-order valence-electron chi connectivity index (χ4n) is 3.35. The number of amides is 1. The molecule has 0 spiro atoms. The number of nitrogens with two attached hydrogens (primary N) is 1. The van der Waals surface area contributed by atoms with Gasteiger partial charge in [-0.3, -0.25) is 14.5 Å². The average molecular weight is 327 g/mol. The van der Waals surface area contributed by atoms with Crippen molar-refractivity contribution in [2.75, 3.05) is 26.3 Å². The number of primary amides is 1. The van der Waals surface area contributed by atoms with Crippen molar-refractivity contribution < 1.29 is 9.53 Å². The average Bonchev–Trinajstić information content (AvgIpc) is 3.41. The molecule has 0 atom stereocenters. The van der Waals surface area contributed by atoms with E-state index >= 15 is 0 Å². The van der Waals surface area contributed by atoms with E-state index in [1.165, 1.54) is 0 Å². The standard InChI is InChI=1S/C18H21N3O3/c19-18(23)15-11-21(13-2-3-13)16-4-1-12(9-14(16)17(15)22)10-20-5-7-24-8-6-20/h1,4,9,11,13H,2-3,5-8,10H2,(H2,19,23). The zero-order valence-electron chi connectivity index (χ0n) is 13.5. The zero-order valence-corrected chi connectivity index (χ0v) is 13.5. The summed E-state index contributed by atoms with van der Waals surface area (Å²) in [5.41, 5.74) is 7.19. The molecule has 0 bridgehead atoms. The van der Waals surface area contributed by atoms with Crippen LogP contribution in [-0.2, 0) is 11.3 Å². The van der Waals surface area contributed by atoms with Gasteiger partial charge in [-0.25, -0.2) is 0 Å². The number of hydrogen-bond donors (Lipinski definition) is 1. The number of hydrogen-bond acceptors (Lipinski definition) is 4. The molecule has 2 heterocycles. The van der Waals surface area contributed by atoms with E-state index in [9.17, 15) is 9.59 Å². The predicted molar refractivity (Wildman–Crippen MR) is 91.1 cm³/mol. The fraction of sp³-hybridized carbons (Fsp3) is 0.444. The van der Waals surface area contributed by atoms with Gasteiger partial charge in [0.1, 0.15) is 5.56 Å². The molecule has 2 aromatic rings. The lowest BCUT2D eigenvalue weighted by Crippen LogP contribution is -2.35. The van der Waals surface area contributed by atoms with Crippen LogP contribution in [0, 0.1) is 0 Å². The second-order valence-electron chi connectivity index (χ2n) is 6.61. The number of pyridine rings is 1. The molecule has 0 radical (unpaired) electrons. The Labute approximate surface area is 139 Å². The largest absolute Gasteiger partial charge is 0.379 e. The Morgan fingerprint density at radius 3 is 2.67 bits per heavy atom. The maximum Gasteiger partial charge on any atom is 0.254 e. The van der Waals surface area contributed by atoms with E-state index in [1.54, 1.807) is 6.20 Å². The number of carbonyl (C=O) groups excluding carboxylic acids is 1. The van der Waals surface area contributed by atoms with Gasteiger partial charge in [-0.2, -0.15) is 0 Å². The van der Waals surface area contributed by atoms with Crippen LogP contribution in [-0.4, -0.2) is 41.7 Å². The summed E-state index contributed by atoms with van der Waals surface area (Å²) >= 11 is 0. The molecule has 6 heteroatoms. The molecule has 1 aliphatic heterocycles. The minimum atomic E-state index is -0.658. The molecule has 2 aliphatic rings.